The smallest absolute Gasteiger partial charge is 0.272 e. The Morgan fingerprint density at radius 1 is 1.38 bits per heavy atom. The highest BCUT2D eigenvalue weighted by Gasteiger charge is 2.11. The molecule has 1 rings (SSSR count). The van der Waals surface area contributed by atoms with Crippen LogP contribution < -0.4 is 0 Å². The maximum atomic E-state index is 6.96. The first kappa shape index (κ1) is 9.73. The van der Waals surface area contributed by atoms with Crippen LogP contribution in [-0.2, 0) is 0 Å². The van der Waals surface area contributed by atoms with Crippen LogP contribution in [0.25, 0.3) is 4.85 Å². The lowest BCUT2D eigenvalue weighted by Crippen LogP contribution is -1.97. The molecule has 0 radical (unpaired) electrons. The SMILES string of the molecule is [C-]#[N+]c1ncc(C)c(C(C)C)c1C. The van der Waals surface area contributed by atoms with Crippen LogP contribution in [0.3, 0.4) is 0 Å². The van der Waals surface area contributed by atoms with E-state index < -0.39 is 0 Å². The molecule has 0 aliphatic carbocycles. The summed E-state index contributed by atoms with van der Waals surface area (Å²) in [6.07, 6.45) is 1.79. The van der Waals surface area contributed by atoms with Crippen LogP contribution in [0.15, 0.2) is 6.20 Å². The van der Waals surface area contributed by atoms with Gasteiger partial charge in [0.1, 0.15) is 6.20 Å². The quantitative estimate of drug-likeness (QED) is 0.596. The van der Waals surface area contributed by atoms with Crippen LogP contribution in [-0.4, -0.2) is 4.98 Å². The first-order valence-electron chi connectivity index (χ1n) is 4.41. The molecule has 0 aliphatic heterocycles. The average Bonchev–Trinajstić information content (AvgIpc) is 2.04. The molecule has 0 atom stereocenters. The van der Waals surface area contributed by atoms with Crippen molar-refractivity contribution in [3.8, 4) is 0 Å². The molecule has 68 valence electrons. The van der Waals surface area contributed by atoms with Crippen molar-refractivity contribution >= 4 is 5.82 Å². The van der Waals surface area contributed by atoms with E-state index in [9.17, 15) is 0 Å². The first-order chi connectivity index (χ1) is 6.07. The van der Waals surface area contributed by atoms with E-state index in [4.69, 9.17) is 6.57 Å². The van der Waals surface area contributed by atoms with Gasteiger partial charge >= 0.3 is 0 Å². The molecule has 0 amide bonds. The molecular formula is C11H14N2. The highest BCUT2D eigenvalue weighted by molar-refractivity contribution is 5.51. The monoisotopic (exact) mass is 174 g/mol. The van der Waals surface area contributed by atoms with E-state index in [-0.39, 0.29) is 0 Å². The third kappa shape index (κ3) is 1.70. The summed E-state index contributed by atoms with van der Waals surface area (Å²) in [7, 11) is 0. The molecule has 0 spiro atoms. The summed E-state index contributed by atoms with van der Waals surface area (Å²) < 4.78 is 0. The summed E-state index contributed by atoms with van der Waals surface area (Å²) in [5.74, 6) is 0.998. The second-order valence-electron chi connectivity index (χ2n) is 3.57. The summed E-state index contributed by atoms with van der Waals surface area (Å²) in [5, 5.41) is 0. The maximum Gasteiger partial charge on any atom is 0.272 e. The van der Waals surface area contributed by atoms with E-state index >= 15 is 0 Å². The van der Waals surface area contributed by atoms with Crippen LogP contribution in [0, 0.1) is 20.4 Å². The van der Waals surface area contributed by atoms with Crippen molar-refractivity contribution in [2.75, 3.05) is 0 Å². The normalized spacial score (nSPS) is 10.2. The van der Waals surface area contributed by atoms with E-state index in [0.717, 1.165) is 5.56 Å². The van der Waals surface area contributed by atoms with Crippen LogP contribution in [0.4, 0.5) is 5.82 Å². The third-order valence-corrected chi connectivity index (χ3v) is 2.23. The molecule has 1 heterocycles. The fourth-order valence-electron chi connectivity index (χ4n) is 1.74. The summed E-state index contributed by atoms with van der Waals surface area (Å²) in [6, 6.07) is 0. The Hall–Kier alpha value is -1.36. The van der Waals surface area contributed by atoms with E-state index in [1.54, 1.807) is 6.20 Å². The lowest BCUT2D eigenvalue weighted by Gasteiger charge is -2.12. The average molecular weight is 174 g/mol. The van der Waals surface area contributed by atoms with Crippen molar-refractivity contribution in [1.29, 1.82) is 0 Å². The molecule has 0 bridgehead atoms. The van der Waals surface area contributed by atoms with Gasteiger partial charge in [0.15, 0.2) is 0 Å². The zero-order chi connectivity index (χ0) is 10.0. The third-order valence-electron chi connectivity index (χ3n) is 2.23. The number of nitrogens with zero attached hydrogens (tertiary/aromatic N) is 2. The topological polar surface area (TPSA) is 17.2 Å². The van der Waals surface area contributed by atoms with Crippen molar-refractivity contribution < 1.29 is 0 Å². The van der Waals surface area contributed by atoms with E-state index in [1.807, 2.05) is 13.8 Å². The van der Waals surface area contributed by atoms with Gasteiger partial charge in [-0.1, -0.05) is 20.4 Å². The Balaban J connectivity index is 3.41. The predicted molar refractivity (Wildman–Crippen MR) is 54.1 cm³/mol. The molecule has 1 aromatic heterocycles. The molecule has 0 unspecified atom stereocenters. The number of hydrogen-bond donors (Lipinski definition) is 0. The Kier molecular flexibility index (Phi) is 2.67. The number of hydrogen-bond acceptors (Lipinski definition) is 1. The Bertz CT molecular complexity index is 359. The zero-order valence-electron chi connectivity index (χ0n) is 8.55. The van der Waals surface area contributed by atoms with Crippen molar-refractivity contribution in [3.05, 3.63) is 34.3 Å². The number of pyridine rings is 1. The molecule has 0 saturated heterocycles. The van der Waals surface area contributed by atoms with Crippen molar-refractivity contribution in [1.82, 2.24) is 4.98 Å². The molecule has 0 aromatic carbocycles. The van der Waals surface area contributed by atoms with Crippen molar-refractivity contribution in [2.45, 2.75) is 33.6 Å². The molecule has 0 fully saturated rings. The largest absolute Gasteiger partial charge is 0.360 e. The minimum absolute atomic E-state index is 0.462. The fraction of sp³-hybridized carbons (Fsp3) is 0.455. The molecule has 0 saturated carbocycles. The standard InChI is InChI=1S/C11H14N2/c1-7(2)10-8(3)6-13-11(12-5)9(10)4/h6-7H,1-4H3. The van der Waals surface area contributed by atoms with Crippen molar-refractivity contribution in [3.63, 3.8) is 0 Å². The van der Waals surface area contributed by atoms with Crippen LogP contribution >= 0.6 is 0 Å². The van der Waals surface area contributed by atoms with E-state index in [0.29, 0.717) is 11.7 Å². The Morgan fingerprint density at radius 3 is 2.46 bits per heavy atom. The molecule has 2 heteroatoms. The second kappa shape index (κ2) is 3.57. The van der Waals surface area contributed by atoms with Gasteiger partial charge in [-0.3, -0.25) is 0 Å². The van der Waals surface area contributed by atoms with Gasteiger partial charge in [0.2, 0.25) is 0 Å². The van der Waals surface area contributed by atoms with Crippen molar-refractivity contribution in [2.24, 2.45) is 0 Å². The van der Waals surface area contributed by atoms with Gasteiger partial charge in [0, 0.05) is 0 Å². The molecular weight excluding hydrogens is 160 g/mol. The van der Waals surface area contributed by atoms with Gasteiger partial charge in [-0.05, 0) is 36.5 Å². The lowest BCUT2D eigenvalue weighted by molar-refractivity contribution is 0.842. The van der Waals surface area contributed by atoms with Gasteiger partial charge in [-0.2, -0.15) is 0 Å². The molecule has 0 aliphatic rings. The summed E-state index contributed by atoms with van der Waals surface area (Å²) >= 11 is 0. The number of rotatable bonds is 1. The highest BCUT2D eigenvalue weighted by atomic mass is 14.9. The minimum Gasteiger partial charge on any atom is -0.360 e. The molecule has 1 aromatic rings. The van der Waals surface area contributed by atoms with Crippen LogP contribution in [0.1, 0.15) is 36.5 Å². The highest BCUT2D eigenvalue weighted by Crippen LogP contribution is 2.27. The lowest BCUT2D eigenvalue weighted by atomic mass is 9.95. The summed E-state index contributed by atoms with van der Waals surface area (Å²) in [4.78, 5) is 7.48. The number of aromatic nitrogens is 1. The Morgan fingerprint density at radius 2 is 2.00 bits per heavy atom. The van der Waals surface area contributed by atoms with Gasteiger partial charge in [0.25, 0.3) is 5.82 Å². The van der Waals surface area contributed by atoms with Gasteiger partial charge in [-0.25, -0.2) is 0 Å². The summed E-state index contributed by atoms with van der Waals surface area (Å²) in [5.41, 5.74) is 3.48. The Labute approximate surface area is 79.4 Å². The minimum atomic E-state index is 0.462. The van der Waals surface area contributed by atoms with E-state index in [1.165, 1.54) is 11.1 Å². The first-order valence-corrected chi connectivity index (χ1v) is 4.41. The molecule has 0 N–H and O–H groups in total. The second-order valence-corrected chi connectivity index (χ2v) is 3.57. The maximum absolute atomic E-state index is 6.96. The molecule has 13 heavy (non-hydrogen) atoms. The number of aryl methyl sites for hydroxylation is 1. The fourth-order valence-corrected chi connectivity index (χ4v) is 1.74. The van der Waals surface area contributed by atoms with Crippen LogP contribution in [0.5, 0.6) is 0 Å². The van der Waals surface area contributed by atoms with Gasteiger partial charge in [-0.15, -0.1) is 4.98 Å². The predicted octanol–water partition coefficient (Wildman–Crippen LogP) is 3.37. The molecule has 2 nitrogen and oxygen atoms in total. The summed E-state index contributed by atoms with van der Waals surface area (Å²) in [6.45, 7) is 15.3. The van der Waals surface area contributed by atoms with Crippen LogP contribution in [0.2, 0.25) is 0 Å². The zero-order valence-corrected chi connectivity index (χ0v) is 8.55. The van der Waals surface area contributed by atoms with Gasteiger partial charge in [0.05, 0.1) is 0 Å². The van der Waals surface area contributed by atoms with Gasteiger partial charge < -0.3 is 4.85 Å². The van der Waals surface area contributed by atoms with E-state index in [2.05, 4.69) is 23.7 Å².